The fraction of sp³-hybridized carbons (Fsp3) is 0.435. The summed E-state index contributed by atoms with van der Waals surface area (Å²) in [6.07, 6.45) is 1.56. The van der Waals surface area contributed by atoms with Gasteiger partial charge in [0.1, 0.15) is 0 Å². The third kappa shape index (κ3) is 7.30. The van der Waals surface area contributed by atoms with Crippen molar-refractivity contribution in [2.24, 2.45) is 0 Å². The first kappa shape index (κ1) is 27.9. The van der Waals surface area contributed by atoms with E-state index in [-0.39, 0.29) is 23.2 Å². The third-order valence-electron chi connectivity index (χ3n) is 4.43. The zero-order valence-corrected chi connectivity index (χ0v) is 21.7. The van der Waals surface area contributed by atoms with Gasteiger partial charge in [0.25, 0.3) is 5.91 Å². The van der Waals surface area contributed by atoms with E-state index in [9.17, 15) is 9.18 Å². The number of carbonyl (C=O) groups excluding carboxylic acids is 1. The molecule has 0 aliphatic carbocycles. The maximum Gasteiger partial charge on any atom is 0.327 e. The molecule has 0 saturated carbocycles. The molecule has 190 valence electrons. The number of thiazole rings is 1. The van der Waals surface area contributed by atoms with Crippen LogP contribution in [0.5, 0.6) is 11.8 Å². The molecule has 0 atom stereocenters. The van der Waals surface area contributed by atoms with Crippen LogP contribution < -0.4 is 15.4 Å². The summed E-state index contributed by atoms with van der Waals surface area (Å²) in [4.78, 5) is 33.2. The summed E-state index contributed by atoms with van der Waals surface area (Å²) in [6, 6.07) is 3.89. The zero-order chi connectivity index (χ0) is 26.0. The number of nitrogens with zero attached hydrogens (tertiary/aromatic N) is 6. The second-order valence-corrected chi connectivity index (χ2v) is 7.91. The lowest BCUT2D eigenvalue weighted by atomic mass is 10.2. The van der Waals surface area contributed by atoms with Crippen LogP contribution in [0.25, 0.3) is 10.7 Å². The lowest BCUT2D eigenvalue weighted by Gasteiger charge is -2.26. The van der Waals surface area contributed by atoms with Gasteiger partial charge in [0, 0.05) is 32.7 Å². The number of hydrogen-bond acceptors (Lipinski definition) is 10. The molecule has 1 aliphatic rings. The number of rotatable bonds is 5. The predicted molar refractivity (Wildman–Crippen MR) is 136 cm³/mol. The average molecular weight is 506 g/mol. The molecule has 35 heavy (non-hydrogen) atoms. The molecule has 12 heteroatoms. The van der Waals surface area contributed by atoms with Gasteiger partial charge in [-0.15, -0.1) is 0 Å². The number of carbonyl (C=O) groups is 1. The summed E-state index contributed by atoms with van der Waals surface area (Å²) in [5.41, 5.74) is 5.94. The molecule has 1 aromatic carbocycles. The molecular formula is C23H32FN7O3S. The summed E-state index contributed by atoms with van der Waals surface area (Å²) < 4.78 is 25.6. The Morgan fingerprint density at radius 2 is 1.83 bits per heavy atom. The van der Waals surface area contributed by atoms with E-state index >= 15 is 0 Å². The Morgan fingerprint density at radius 1 is 1.14 bits per heavy atom. The van der Waals surface area contributed by atoms with Crippen LogP contribution >= 0.6 is 11.3 Å². The lowest BCUT2D eigenvalue weighted by molar-refractivity contribution is 0.0827. The maximum absolute atomic E-state index is 14.6. The highest BCUT2D eigenvalue weighted by Gasteiger charge is 2.20. The van der Waals surface area contributed by atoms with Crippen molar-refractivity contribution in [3.63, 3.8) is 0 Å². The fourth-order valence-electron chi connectivity index (χ4n) is 2.87. The van der Waals surface area contributed by atoms with Crippen LogP contribution in [0.4, 0.5) is 15.5 Å². The van der Waals surface area contributed by atoms with Crippen molar-refractivity contribution in [2.75, 3.05) is 51.0 Å². The van der Waals surface area contributed by atoms with Gasteiger partial charge in [-0.25, -0.2) is 9.37 Å². The third-order valence-corrected chi connectivity index (χ3v) is 5.25. The standard InChI is InChI=1S/C19H20FN7O3S.2C2H6/c1-26(2)16(28)11-3-4-13(12(20)9-11)30-19-24-15(14-10-22-17(21)31-14)23-18(25-19)27-5-7-29-8-6-27;2*1-2/h3-4,9-10H,5-8H2,1-2H3,(H2,21,22);2*1-2H3. The average Bonchev–Trinajstić information content (AvgIpc) is 3.34. The zero-order valence-electron chi connectivity index (χ0n) is 20.9. The van der Waals surface area contributed by atoms with Crippen molar-refractivity contribution in [3.05, 3.63) is 35.8 Å². The molecule has 0 radical (unpaired) electrons. The minimum atomic E-state index is -0.704. The minimum Gasteiger partial charge on any atom is -0.421 e. The van der Waals surface area contributed by atoms with Gasteiger partial charge in [-0.3, -0.25) is 4.79 Å². The number of halogens is 1. The second kappa shape index (κ2) is 13.5. The van der Waals surface area contributed by atoms with Crippen LogP contribution in [-0.4, -0.2) is 71.1 Å². The van der Waals surface area contributed by atoms with Crippen molar-refractivity contribution in [2.45, 2.75) is 27.7 Å². The molecule has 1 aliphatic heterocycles. The van der Waals surface area contributed by atoms with E-state index in [1.54, 1.807) is 20.3 Å². The highest BCUT2D eigenvalue weighted by molar-refractivity contribution is 7.18. The molecule has 0 unspecified atom stereocenters. The highest BCUT2D eigenvalue weighted by Crippen LogP contribution is 2.29. The van der Waals surface area contributed by atoms with Gasteiger partial charge < -0.3 is 25.0 Å². The molecule has 3 heterocycles. The van der Waals surface area contributed by atoms with Gasteiger partial charge in [0.05, 0.1) is 24.3 Å². The van der Waals surface area contributed by atoms with Gasteiger partial charge in [-0.2, -0.15) is 15.0 Å². The molecule has 4 rings (SSSR count). The highest BCUT2D eigenvalue weighted by atomic mass is 32.1. The Balaban J connectivity index is 0.00000103. The van der Waals surface area contributed by atoms with Crippen molar-refractivity contribution in [1.29, 1.82) is 0 Å². The Kier molecular flexibility index (Phi) is 10.7. The monoisotopic (exact) mass is 505 g/mol. The van der Waals surface area contributed by atoms with E-state index in [2.05, 4.69) is 19.9 Å². The normalized spacial score (nSPS) is 12.6. The van der Waals surface area contributed by atoms with E-state index in [1.165, 1.54) is 28.4 Å². The molecule has 0 bridgehead atoms. The van der Waals surface area contributed by atoms with Crippen LogP contribution in [0.3, 0.4) is 0 Å². The molecule has 1 fully saturated rings. The second-order valence-electron chi connectivity index (χ2n) is 6.85. The van der Waals surface area contributed by atoms with E-state index in [4.69, 9.17) is 15.2 Å². The Labute approximate surface area is 208 Å². The van der Waals surface area contributed by atoms with Crippen LogP contribution in [0.1, 0.15) is 38.1 Å². The number of ether oxygens (including phenoxy) is 2. The Bertz CT molecular complexity index is 1100. The number of benzene rings is 1. The van der Waals surface area contributed by atoms with Crippen molar-refractivity contribution < 1.29 is 18.7 Å². The summed E-state index contributed by atoms with van der Waals surface area (Å²) in [7, 11) is 3.19. The predicted octanol–water partition coefficient (Wildman–Crippen LogP) is 4.10. The number of nitrogens with two attached hydrogens (primary N) is 1. The molecule has 1 saturated heterocycles. The molecule has 0 spiro atoms. The molecule has 2 aromatic heterocycles. The maximum atomic E-state index is 14.6. The Hall–Kier alpha value is -3.38. The van der Waals surface area contributed by atoms with E-state index in [1.807, 2.05) is 32.6 Å². The first-order valence-corrected chi connectivity index (χ1v) is 12.2. The minimum absolute atomic E-state index is 0.0796. The molecule has 2 N–H and O–H groups in total. The van der Waals surface area contributed by atoms with Crippen molar-refractivity contribution in [1.82, 2.24) is 24.8 Å². The topological polar surface area (TPSA) is 120 Å². The van der Waals surface area contributed by atoms with Crippen LogP contribution in [0.2, 0.25) is 0 Å². The van der Waals surface area contributed by atoms with Gasteiger partial charge in [0.2, 0.25) is 5.95 Å². The molecule has 10 nitrogen and oxygen atoms in total. The summed E-state index contributed by atoms with van der Waals surface area (Å²) >= 11 is 1.22. The van der Waals surface area contributed by atoms with E-state index in [0.29, 0.717) is 48.1 Å². The molecule has 3 aromatic rings. The SMILES string of the molecule is CC.CC.CN(C)C(=O)c1ccc(Oc2nc(-c3cnc(N)s3)nc(N3CCOCC3)n2)c(F)c1. The van der Waals surface area contributed by atoms with Crippen LogP contribution in [0, 0.1) is 5.82 Å². The van der Waals surface area contributed by atoms with Gasteiger partial charge in [-0.1, -0.05) is 39.0 Å². The van der Waals surface area contributed by atoms with Crippen LogP contribution in [-0.2, 0) is 4.74 Å². The smallest absolute Gasteiger partial charge is 0.327 e. The van der Waals surface area contributed by atoms with Gasteiger partial charge in [-0.05, 0) is 18.2 Å². The number of amides is 1. The van der Waals surface area contributed by atoms with E-state index in [0.717, 1.165) is 6.07 Å². The number of nitrogen functional groups attached to an aromatic ring is 1. The summed E-state index contributed by atoms with van der Waals surface area (Å²) in [5, 5.41) is 0.373. The number of hydrogen-bond donors (Lipinski definition) is 1. The van der Waals surface area contributed by atoms with Crippen LogP contribution in [0.15, 0.2) is 24.4 Å². The lowest BCUT2D eigenvalue weighted by Crippen LogP contribution is -2.37. The summed E-state index contributed by atoms with van der Waals surface area (Å²) in [5.74, 6) is -0.422. The number of morpholine rings is 1. The van der Waals surface area contributed by atoms with Gasteiger partial charge >= 0.3 is 6.01 Å². The first-order chi connectivity index (χ1) is 16.9. The van der Waals surface area contributed by atoms with Gasteiger partial charge in [0.15, 0.2) is 22.5 Å². The summed E-state index contributed by atoms with van der Waals surface area (Å²) in [6.45, 7) is 10.3. The first-order valence-electron chi connectivity index (χ1n) is 11.4. The van der Waals surface area contributed by atoms with Crippen molar-refractivity contribution in [3.8, 4) is 22.5 Å². The van der Waals surface area contributed by atoms with Crippen molar-refractivity contribution >= 4 is 28.3 Å². The molecular weight excluding hydrogens is 473 g/mol. The quantitative estimate of drug-likeness (QED) is 0.546. The number of anilines is 2. The molecule has 1 amide bonds. The van der Waals surface area contributed by atoms with E-state index < -0.39 is 5.82 Å². The Morgan fingerprint density at radius 3 is 2.40 bits per heavy atom. The number of aromatic nitrogens is 4. The largest absolute Gasteiger partial charge is 0.421 e. The fourth-order valence-corrected chi connectivity index (χ4v) is 3.49.